The number of hydrogen-bond acceptors (Lipinski definition) is 3. The minimum Gasteiger partial charge on any atom is -0.460 e. The highest BCUT2D eigenvalue weighted by atomic mass is 16.5. The van der Waals surface area contributed by atoms with Gasteiger partial charge in [0.1, 0.15) is 0 Å². The molecule has 0 saturated heterocycles. The number of ether oxygens (including phenoxy) is 1. The van der Waals surface area contributed by atoms with E-state index in [0.29, 0.717) is 0 Å². The summed E-state index contributed by atoms with van der Waals surface area (Å²) < 4.78 is 4.68. The van der Waals surface area contributed by atoms with Crippen molar-refractivity contribution in [1.29, 1.82) is 0 Å². The van der Waals surface area contributed by atoms with E-state index >= 15 is 0 Å². The van der Waals surface area contributed by atoms with E-state index in [1.54, 1.807) is 6.92 Å². The highest BCUT2D eigenvalue weighted by Crippen LogP contribution is 2.14. The summed E-state index contributed by atoms with van der Waals surface area (Å²) in [5.41, 5.74) is 0. The van der Waals surface area contributed by atoms with Crippen LogP contribution in [0.3, 0.4) is 0 Å². The lowest BCUT2D eigenvalue weighted by atomic mass is 9.95. The maximum absolute atomic E-state index is 11.5. The van der Waals surface area contributed by atoms with Crippen molar-refractivity contribution in [3.63, 3.8) is 0 Å². The lowest BCUT2D eigenvalue weighted by molar-refractivity contribution is -0.155. The van der Waals surface area contributed by atoms with E-state index in [1.807, 2.05) is 6.92 Å². The molecule has 0 fully saturated rings. The zero-order valence-electron chi connectivity index (χ0n) is 9.34. The van der Waals surface area contributed by atoms with E-state index in [0.717, 1.165) is 25.7 Å². The first kappa shape index (κ1) is 13.1. The largest absolute Gasteiger partial charge is 0.460 e. The summed E-state index contributed by atoms with van der Waals surface area (Å²) in [6.07, 6.45) is 3.55. The van der Waals surface area contributed by atoms with Crippen LogP contribution in [-0.4, -0.2) is 18.4 Å². The van der Waals surface area contributed by atoms with Gasteiger partial charge >= 0.3 is 5.97 Å². The van der Waals surface area contributed by atoms with E-state index in [-0.39, 0.29) is 18.3 Å². The Morgan fingerprint density at radius 1 is 1.21 bits per heavy atom. The second-order valence-electron chi connectivity index (χ2n) is 3.33. The normalized spacial score (nSPS) is 12.2. The van der Waals surface area contributed by atoms with Crippen LogP contribution < -0.4 is 0 Å². The fourth-order valence-corrected chi connectivity index (χ4v) is 1.34. The summed E-state index contributed by atoms with van der Waals surface area (Å²) in [6.45, 7) is 5.98. The van der Waals surface area contributed by atoms with E-state index in [2.05, 4.69) is 11.7 Å². The average molecular weight is 200 g/mol. The van der Waals surface area contributed by atoms with E-state index < -0.39 is 5.97 Å². The van der Waals surface area contributed by atoms with E-state index in [9.17, 15) is 9.59 Å². The smallest absolute Gasteiger partial charge is 0.374 e. The average Bonchev–Trinajstić information content (AvgIpc) is 2.19. The van der Waals surface area contributed by atoms with Crippen molar-refractivity contribution in [3.8, 4) is 0 Å². The van der Waals surface area contributed by atoms with Crippen molar-refractivity contribution in [1.82, 2.24) is 0 Å². The lowest BCUT2D eigenvalue weighted by Crippen LogP contribution is -2.25. The Balaban J connectivity index is 4.09. The number of esters is 1. The van der Waals surface area contributed by atoms with Crippen LogP contribution in [0.5, 0.6) is 0 Å². The van der Waals surface area contributed by atoms with Gasteiger partial charge in [-0.1, -0.05) is 26.7 Å². The summed E-state index contributed by atoms with van der Waals surface area (Å²) in [7, 11) is 0. The molecule has 3 nitrogen and oxygen atoms in total. The van der Waals surface area contributed by atoms with Crippen molar-refractivity contribution in [3.05, 3.63) is 0 Å². The van der Waals surface area contributed by atoms with Gasteiger partial charge in [0, 0.05) is 5.92 Å². The molecule has 0 amide bonds. The number of Topliss-reactive ketones (excluding diaryl/α,β-unsaturated/α-hetero) is 1. The van der Waals surface area contributed by atoms with Gasteiger partial charge in [-0.3, -0.25) is 4.79 Å². The Morgan fingerprint density at radius 2 is 1.86 bits per heavy atom. The van der Waals surface area contributed by atoms with Crippen LogP contribution >= 0.6 is 0 Å². The van der Waals surface area contributed by atoms with Gasteiger partial charge in [0.25, 0.3) is 0 Å². The van der Waals surface area contributed by atoms with Gasteiger partial charge in [0.05, 0.1) is 6.61 Å². The third-order valence-electron chi connectivity index (χ3n) is 2.25. The number of carbonyl (C=O) groups is 2. The van der Waals surface area contributed by atoms with E-state index in [1.165, 1.54) is 0 Å². The summed E-state index contributed by atoms with van der Waals surface area (Å²) in [6, 6.07) is 0. The van der Waals surface area contributed by atoms with Gasteiger partial charge in [-0.25, -0.2) is 4.79 Å². The van der Waals surface area contributed by atoms with Crippen molar-refractivity contribution in [2.24, 2.45) is 5.92 Å². The zero-order chi connectivity index (χ0) is 11.0. The molecule has 14 heavy (non-hydrogen) atoms. The SMILES string of the molecule is CCCCC(CC)C(=O)C(=O)OCC. The summed E-state index contributed by atoms with van der Waals surface area (Å²) in [4.78, 5) is 22.6. The summed E-state index contributed by atoms with van der Waals surface area (Å²) >= 11 is 0. The van der Waals surface area contributed by atoms with Crippen LogP contribution in [-0.2, 0) is 14.3 Å². The quantitative estimate of drug-likeness (QED) is 0.468. The fourth-order valence-electron chi connectivity index (χ4n) is 1.34. The monoisotopic (exact) mass is 200 g/mol. The molecular formula is C11H20O3. The lowest BCUT2D eigenvalue weighted by Gasteiger charge is -2.11. The summed E-state index contributed by atoms with van der Waals surface area (Å²) in [5, 5.41) is 0. The predicted molar refractivity (Wildman–Crippen MR) is 54.9 cm³/mol. The van der Waals surface area contributed by atoms with Crippen LogP contribution in [0.1, 0.15) is 46.5 Å². The second-order valence-corrected chi connectivity index (χ2v) is 3.33. The van der Waals surface area contributed by atoms with Gasteiger partial charge < -0.3 is 4.74 Å². The summed E-state index contributed by atoms with van der Waals surface area (Å²) in [5.74, 6) is -1.17. The molecule has 82 valence electrons. The first-order valence-corrected chi connectivity index (χ1v) is 5.38. The van der Waals surface area contributed by atoms with Crippen molar-refractivity contribution in [2.75, 3.05) is 6.61 Å². The molecule has 1 atom stereocenters. The number of carbonyl (C=O) groups excluding carboxylic acids is 2. The van der Waals surface area contributed by atoms with Gasteiger partial charge in [0.2, 0.25) is 5.78 Å². The Hall–Kier alpha value is -0.860. The maximum Gasteiger partial charge on any atom is 0.374 e. The third kappa shape index (κ3) is 4.40. The van der Waals surface area contributed by atoms with Crippen molar-refractivity contribution < 1.29 is 14.3 Å². The standard InChI is InChI=1S/C11H20O3/c1-4-7-8-9(5-2)10(12)11(13)14-6-3/h9H,4-8H2,1-3H3. The molecule has 0 aromatic carbocycles. The maximum atomic E-state index is 11.5. The predicted octanol–water partition coefficient (Wildman–Crippen LogP) is 2.33. The van der Waals surface area contributed by atoms with Gasteiger partial charge in [0.15, 0.2) is 0 Å². The number of hydrogen-bond donors (Lipinski definition) is 0. The minimum atomic E-state index is -0.671. The molecule has 0 aromatic rings. The zero-order valence-corrected chi connectivity index (χ0v) is 9.34. The molecule has 0 rings (SSSR count). The topological polar surface area (TPSA) is 43.4 Å². The number of unbranched alkanes of at least 4 members (excludes halogenated alkanes) is 1. The second kappa shape index (κ2) is 7.54. The Kier molecular flexibility index (Phi) is 7.07. The number of ketones is 1. The van der Waals surface area contributed by atoms with Crippen LogP contribution in [0.2, 0.25) is 0 Å². The van der Waals surface area contributed by atoms with Crippen molar-refractivity contribution in [2.45, 2.75) is 46.5 Å². The highest BCUT2D eigenvalue weighted by Gasteiger charge is 2.24. The Bertz CT molecular complexity index is 187. The Labute approximate surface area is 85.8 Å². The number of rotatable bonds is 7. The van der Waals surface area contributed by atoms with Crippen molar-refractivity contribution >= 4 is 11.8 Å². The first-order valence-electron chi connectivity index (χ1n) is 5.38. The molecule has 0 aliphatic heterocycles. The van der Waals surface area contributed by atoms with Crippen LogP contribution in [0.15, 0.2) is 0 Å². The molecule has 0 bridgehead atoms. The van der Waals surface area contributed by atoms with Crippen LogP contribution in [0, 0.1) is 5.92 Å². The molecule has 0 aromatic heterocycles. The molecule has 0 saturated carbocycles. The fraction of sp³-hybridized carbons (Fsp3) is 0.818. The minimum absolute atomic E-state index is 0.144. The molecule has 0 spiro atoms. The molecule has 0 heterocycles. The highest BCUT2D eigenvalue weighted by molar-refractivity contribution is 6.34. The third-order valence-corrected chi connectivity index (χ3v) is 2.25. The molecular weight excluding hydrogens is 180 g/mol. The molecule has 0 aliphatic carbocycles. The van der Waals surface area contributed by atoms with Gasteiger partial charge in [-0.15, -0.1) is 0 Å². The molecule has 1 unspecified atom stereocenters. The molecule has 3 heteroatoms. The first-order chi connectivity index (χ1) is 6.67. The van der Waals surface area contributed by atoms with Crippen LogP contribution in [0.4, 0.5) is 0 Å². The van der Waals surface area contributed by atoms with E-state index in [4.69, 9.17) is 0 Å². The van der Waals surface area contributed by atoms with Crippen LogP contribution in [0.25, 0.3) is 0 Å². The van der Waals surface area contributed by atoms with Gasteiger partial charge in [-0.2, -0.15) is 0 Å². The Morgan fingerprint density at radius 3 is 2.29 bits per heavy atom. The molecule has 0 radical (unpaired) electrons. The van der Waals surface area contributed by atoms with Gasteiger partial charge in [-0.05, 0) is 19.8 Å². The molecule has 0 N–H and O–H groups in total. The molecule has 0 aliphatic rings.